The topological polar surface area (TPSA) is 79.4 Å². The Morgan fingerprint density at radius 1 is 1.48 bits per heavy atom. The van der Waals surface area contributed by atoms with Crippen molar-refractivity contribution >= 4 is 17.3 Å². The Hall–Kier alpha value is -2.04. The molecule has 0 aliphatic carbocycles. The van der Waals surface area contributed by atoms with Crippen LogP contribution in [0.2, 0.25) is 0 Å². The number of benzene rings is 1. The molecule has 0 aromatic heterocycles. The number of nitrogens with two attached hydrogens (primary N) is 1. The molecule has 1 atom stereocenters. The van der Waals surface area contributed by atoms with E-state index in [2.05, 4.69) is 0 Å². The van der Waals surface area contributed by atoms with Crippen LogP contribution in [-0.4, -0.2) is 36.2 Å². The zero-order valence-electron chi connectivity index (χ0n) is 14.1. The predicted octanol–water partition coefficient (Wildman–Crippen LogP) is 3.07. The highest BCUT2D eigenvalue weighted by Gasteiger charge is 2.24. The third-order valence-corrected chi connectivity index (χ3v) is 4.24. The van der Waals surface area contributed by atoms with Crippen molar-refractivity contribution in [3.05, 3.63) is 23.8 Å². The van der Waals surface area contributed by atoms with Gasteiger partial charge in [-0.2, -0.15) is 0 Å². The molecule has 1 aliphatic rings. The van der Waals surface area contributed by atoms with Gasteiger partial charge in [-0.15, -0.1) is 0 Å². The van der Waals surface area contributed by atoms with Crippen LogP contribution in [0.1, 0.15) is 45.1 Å². The van der Waals surface area contributed by atoms with Crippen LogP contribution in [0, 0.1) is 11.3 Å². The van der Waals surface area contributed by atoms with Crippen LogP contribution < -0.4 is 10.5 Å². The van der Waals surface area contributed by atoms with Gasteiger partial charge in [0.1, 0.15) is 5.75 Å². The first-order chi connectivity index (χ1) is 11.0. The fraction of sp³-hybridized carbons (Fsp3) is 0.556. The minimum absolute atomic E-state index is 0.247. The minimum Gasteiger partial charge on any atom is -0.492 e. The summed E-state index contributed by atoms with van der Waals surface area (Å²) in [6.07, 6.45) is 3.61. The van der Waals surface area contributed by atoms with Gasteiger partial charge in [-0.3, -0.25) is 4.79 Å². The van der Waals surface area contributed by atoms with Gasteiger partial charge in [-0.1, -0.05) is 13.0 Å². The Morgan fingerprint density at radius 2 is 2.26 bits per heavy atom. The summed E-state index contributed by atoms with van der Waals surface area (Å²) in [4.78, 5) is 14.0. The molecule has 0 saturated carbocycles. The smallest absolute Gasteiger partial charge is 0.222 e. The lowest BCUT2D eigenvalue weighted by molar-refractivity contribution is -0.133. The van der Waals surface area contributed by atoms with Gasteiger partial charge in [0.2, 0.25) is 5.91 Å². The predicted molar refractivity (Wildman–Crippen MR) is 93.1 cm³/mol. The van der Waals surface area contributed by atoms with Crippen LogP contribution in [0.15, 0.2) is 18.2 Å². The monoisotopic (exact) mass is 317 g/mol. The molecular formula is C18H27N3O2. The van der Waals surface area contributed by atoms with Gasteiger partial charge in [0.05, 0.1) is 12.2 Å². The van der Waals surface area contributed by atoms with E-state index in [4.69, 9.17) is 15.9 Å². The molecule has 3 N–H and O–H groups in total. The molecule has 1 saturated heterocycles. The van der Waals surface area contributed by atoms with E-state index in [1.807, 2.05) is 24.0 Å². The maximum absolute atomic E-state index is 12.0. The second kappa shape index (κ2) is 7.99. The van der Waals surface area contributed by atoms with E-state index < -0.39 is 0 Å². The van der Waals surface area contributed by atoms with E-state index in [1.165, 1.54) is 0 Å². The Labute approximate surface area is 138 Å². The Morgan fingerprint density at radius 3 is 2.96 bits per heavy atom. The van der Waals surface area contributed by atoms with Gasteiger partial charge in [-0.05, 0) is 38.3 Å². The summed E-state index contributed by atoms with van der Waals surface area (Å²) in [5, 5.41) is 7.86. The zero-order chi connectivity index (χ0) is 16.8. The molecule has 1 aromatic rings. The summed E-state index contributed by atoms with van der Waals surface area (Å²) in [6.45, 7) is 5.92. The molecule has 2 rings (SSSR count). The van der Waals surface area contributed by atoms with Crippen LogP contribution in [0.4, 0.5) is 5.69 Å². The standard InChI is InChI=1S/C18H27N3O2/c1-3-6-17(22)21-10-5-7-14(11-21)12-23-16-9-4-8-15(20)18(16)13(2)19/h4,8-9,14,19H,3,5-7,10-12,20H2,1-2H3. The van der Waals surface area contributed by atoms with Crippen LogP contribution in [0.5, 0.6) is 5.75 Å². The van der Waals surface area contributed by atoms with Gasteiger partial charge >= 0.3 is 0 Å². The first-order valence-electron chi connectivity index (χ1n) is 8.37. The quantitative estimate of drug-likeness (QED) is 0.625. The molecule has 0 bridgehead atoms. The van der Waals surface area contributed by atoms with Crippen LogP contribution in [-0.2, 0) is 4.79 Å². The molecule has 1 heterocycles. The number of amides is 1. The molecule has 0 spiro atoms. The van der Waals surface area contributed by atoms with E-state index in [0.717, 1.165) is 32.4 Å². The summed E-state index contributed by atoms with van der Waals surface area (Å²) in [6, 6.07) is 5.48. The number of nitrogens with zero attached hydrogens (tertiary/aromatic N) is 1. The average Bonchev–Trinajstić information content (AvgIpc) is 2.53. The summed E-state index contributed by atoms with van der Waals surface area (Å²) >= 11 is 0. The molecule has 1 aliphatic heterocycles. The number of nitrogens with one attached hydrogen (secondary N) is 1. The maximum atomic E-state index is 12.0. The molecule has 0 radical (unpaired) electrons. The van der Waals surface area contributed by atoms with E-state index >= 15 is 0 Å². The lowest BCUT2D eigenvalue weighted by Gasteiger charge is -2.33. The molecular weight excluding hydrogens is 290 g/mol. The highest BCUT2D eigenvalue weighted by Crippen LogP contribution is 2.26. The van der Waals surface area contributed by atoms with Gasteiger partial charge in [0, 0.05) is 36.8 Å². The Balaban J connectivity index is 1.97. The zero-order valence-corrected chi connectivity index (χ0v) is 14.1. The number of anilines is 1. The van der Waals surface area contributed by atoms with Crippen molar-refractivity contribution in [1.82, 2.24) is 4.90 Å². The summed E-state index contributed by atoms with van der Waals surface area (Å²) in [7, 11) is 0. The Kier molecular flexibility index (Phi) is 6.02. The highest BCUT2D eigenvalue weighted by molar-refractivity contribution is 6.03. The fourth-order valence-corrected chi connectivity index (χ4v) is 3.08. The number of carbonyl (C=O) groups excluding carboxylic acids is 1. The number of likely N-dealkylation sites (tertiary alicyclic amines) is 1. The van der Waals surface area contributed by atoms with Crippen molar-refractivity contribution < 1.29 is 9.53 Å². The molecule has 1 aromatic carbocycles. The van der Waals surface area contributed by atoms with Crippen LogP contribution >= 0.6 is 0 Å². The van der Waals surface area contributed by atoms with Crippen LogP contribution in [0.25, 0.3) is 0 Å². The third-order valence-electron chi connectivity index (χ3n) is 4.24. The number of rotatable bonds is 6. The van der Waals surface area contributed by atoms with Crippen molar-refractivity contribution in [3.8, 4) is 5.75 Å². The third kappa shape index (κ3) is 4.47. The fourth-order valence-electron chi connectivity index (χ4n) is 3.08. The molecule has 1 amide bonds. The Bertz CT molecular complexity index is 571. The molecule has 23 heavy (non-hydrogen) atoms. The SMILES string of the molecule is CCCC(=O)N1CCCC(COc2cccc(N)c2C(C)=N)C1. The average molecular weight is 317 g/mol. The summed E-state index contributed by atoms with van der Waals surface area (Å²) < 4.78 is 5.95. The first kappa shape index (κ1) is 17.3. The highest BCUT2D eigenvalue weighted by atomic mass is 16.5. The van der Waals surface area contributed by atoms with Gasteiger partial charge in [0.15, 0.2) is 0 Å². The molecule has 5 heteroatoms. The summed E-state index contributed by atoms with van der Waals surface area (Å²) in [5.41, 5.74) is 7.59. The van der Waals surface area contributed by atoms with Gasteiger partial charge < -0.3 is 20.8 Å². The van der Waals surface area contributed by atoms with Crippen molar-refractivity contribution in [2.45, 2.75) is 39.5 Å². The second-order valence-corrected chi connectivity index (χ2v) is 6.25. The minimum atomic E-state index is 0.247. The number of hydrogen-bond acceptors (Lipinski definition) is 4. The van der Waals surface area contributed by atoms with E-state index in [-0.39, 0.29) is 5.91 Å². The molecule has 1 fully saturated rings. The lowest BCUT2D eigenvalue weighted by Crippen LogP contribution is -2.41. The number of piperidine rings is 1. The molecule has 126 valence electrons. The van der Waals surface area contributed by atoms with Crippen molar-refractivity contribution in [3.63, 3.8) is 0 Å². The second-order valence-electron chi connectivity index (χ2n) is 6.25. The van der Waals surface area contributed by atoms with Crippen LogP contribution in [0.3, 0.4) is 0 Å². The van der Waals surface area contributed by atoms with Crippen molar-refractivity contribution in [1.29, 1.82) is 5.41 Å². The first-order valence-corrected chi connectivity index (χ1v) is 8.37. The maximum Gasteiger partial charge on any atom is 0.222 e. The number of nitrogen functional groups attached to an aromatic ring is 1. The van der Waals surface area contributed by atoms with Gasteiger partial charge in [0.25, 0.3) is 0 Å². The number of hydrogen-bond donors (Lipinski definition) is 2. The molecule has 5 nitrogen and oxygen atoms in total. The van der Waals surface area contributed by atoms with Crippen molar-refractivity contribution in [2.24, 2.45) is 5.92 Å². The number of ether oxygens (including phenoxy) is 1. The largest absolute Gasteiger partial charge is 0.492 e. The van der Waals surface area contributed by atoms with Gasteiger partial charge in [-0.25, -0.2) is 0 Å². The normalized spacial score (nSPS) is 17.8. The number of carbonyl (C=O) groups is 1. The molecule has 1 unspecified atom stereocenters. The van der Waals surface area contributed by atoms with Crippen molar-refractivity contribution in [2.75, 3.05) is 25.4 Å². The van der Waals surface area contributed by atoms with E-state index in [9.17, 15) is 4.79 Å². The lowest BCUT2D eigenvalue weighted by atomic mass is 9.98. The summed E-state index contributed by atoms with van der Waals surface area (Å²) in [5.74, 6) is 1.25. The van der Waals surface area contributed by atoms with E-state index in [1.54, 1.807) is 13.0 Å². The van der Waals surface area contributed by atoms with E-state index in [0.29, 0.717) is 41.7 Å².